The Labute approximate surface area is 110 Å². The second kappa shape index (κ2) is 4.94. The summed E-state index contributed by atoms with van der Waals surface area (Å²) in [7, 11) is 0. The Kier molecular flexibility index (Phi) is 3.52. The highest BCUT2D eigenvalue weighted by Crippen LogP contribution is 2.30. The van der Waals surface area contributed by atoms with Crippen molar-refractivity contribution in [2.45, 2.75) is 30.8 Å². The van der Waals surface area contributed by atoms with Crippen LogP contribution in [-0.4, -0.2) is 9.97 Å². The molecule has 0 amide bonds. The van der Waals surface area contributed by atoms with Crippen molar-refractivity contribution in [3.8, 4) is 0 Å². The predicted octanol–water partition coefficient (Wildman–Crippen LogP) is 3.27. The molecule has 18 heavy (non-hydrogen) atoms. The van der Waals surface area contributed by atoms with Crippen molar-refractivity contribution >= 4 is 17.4 Å². The maximum absolute atomic E-state index is 12.9. The molecule has 0 atom stereocenters. The van der Waals surface area contributed by atoms with E-state index in [2.05, 4.69) is 9.97 Å². The number of nitrogen functional groups attached to an aromatic ring is 1. The van der Waals surface area contributed by atoms with E-state index in [-0.39, 0.29) is 5.82 Å². The van der Waals surface area contributed by atoms with E-state index in [1.807, 2.05) is 20.8 Å². The summed E-state index contributed by atoms with van der Waals surface area (Å²) in [6, 6.07) is 4.33. The molecule has 0 radical (unpaired) electrons. The summed E-state index contributed by atoms with van der Waals surface area (Å²) in [6.07, 6.45) is 0. The van der Waals surface area contributed by atoms with Crippen molar-refractivity contribution in [3.63, 3.8) is 0 Å². The van der Waals surface area contributed by atoms with Crippen LogP contribution in [0.1, 0.15) is 17.0 Å². The van der Waals surface area contributed by atoms with Crippen LogP contribution in [0.2, 0.25) is 0 Å². The Bertz CT molecular complexity index is 576. The second-order valence-corrected chi connectivity index (χ2v) is 5.10. The van der Waals surface area contributed by atoms with Crippen molar-refractivity contribution in [1.82, 2.24) is 9.97 Å². The fourth-order valence-electron chi connectivity index (χ4n) is 1.50. The largest absolute Gasteiger partial charge is 0.398 e. The van der Waals surface area contributed by atoms with Gasteiger partial charge in [0.15, 0.2) is 5.16 Å². The summed E-state index contributed by atoms with van der Waals surface area (Å²) < 4.78 is 12.9. The molecule has 94 valence electrons. The molecule has 2 N–H and O–H groups in total. The van der Waals surface area contributed by atoms with Gasteiger partial charge < -0.3 is 5.73 Å². The quantitative estimate of drug-likeness (QED) is 0.667. The lowest BCUT2D eigenvalue weighted by Gasteiger charge is -2.08. The van der Waals surface area contributed by atoms with Crippen LogP contribution in [-0.2, 0) is 0 Å². The molecule has 2 rings (SSSR count). The molecule has 2 aromatic rings. The first-order chi connectivity index (χ1) is 8.47. The van der Waals surface area contributed by atoms with E-state index >= 15 is 0 Å². The Morgan fingerprint density at radius 1 is 1.11 bits per heavy atom. The zero-order valence-corrected chi connectivity index (χ0v) is 11.3. The third-order valence-electron chi connectivity index (χ3n) is 2.79. The van der Waals surface area contributed by atoms with Gasteiger partial charge in [-0.25, -0.2) is 14.4 Å². The first-order valence-corrected chi connectivity index (χ1v) is 6.33. The van der Waals surface area contributed by atoms with Gasteiger partial charge in [-0.3, -0.25) is 0 Å². The Balaban J connectivity index is 2.34. The van der Waals surface area contributed by atoms with E-state index < -0.39 is 0 Å². The minimum Gasteiger partial charge on any atom is -0.398 e. The van der Waals surface area contributed by atoms with Crippen molar-refractivity contribution in [1.29, 1.82) is 0 Å². The summed E-state index contributed by atoms with van der Waals surface area (Å²) in [5.41, 5.74) is 9.15. The average Bonchev–Trinajstić information content (AvgIpc) is 2.29. The van der Waals surface area contributed by atoms with Gasteiger partial charge in [0.1, 0.15) is 5.82 Å². The molecule has 0 aliphatic heterocycles. The lowest BCUT2D eigenvalue weighted by Crippen LogP contribution is -1.98. The molecule has 0 spiro atoms. The molecule has 1 aromatic heterocycles. The molecule has 3 nitrogen and oxygen atoms in total. The van der Waals surface area contributed by atoms with Crippen LogP contribution in [0.15, 0.2) is 28.3 Å². The lowest BCUT2D eigenvalue weighted by molar-refractivity contribution is 0.627. The van der Waals surface area contributed by atoms with Gasteiger partial charge in [0.25, 0.3) is 0 Å². The molecule has 0 fully saturated rings. The summed E-state index contributed by atoms with van der Waals surface area (Å²) in [5.74, 6) is -0.339. The van der Waals surface area contributed by atoms with Crippen LogP contribution in [0.25, 0.3) is 0 Å². The van der Waals surface area contributed by atoms with Crippen molar-refractivity contribution in [2.75, 3.05) is 5.73 Å². The van der Waals surface area contributed by atoms with E-state index in [0.29, 0.717) is 10.8 Å². The van der Waals surface area contributed by atoms with Gasteiger partial charge in [-0.15, -0.1) is 0 Å². The number of nitrogens with zero attached hydrogens (tertiary/aromatic N) is 2. The maximum Gasteiger partial charge on any atom is 0.192 e. The number of halogens is 1. The number of hydrogen-bond acceptors (Lipinski definition) is 4. The molecule has 1 aromatic carbocycles. The van der Waals surface area contributed by atoms with Crippen molar-refractivity contribution < 1.29 is 4.39 Å². The van der Waals surface area contributed by atoms with E-state index in [1.54, 1.807) is 6.07 Å². The van der Waals surface area contributed by atoms with Crippen LogP contribution in [0.5, 0.6) is 0 Å². The Hall–Kier alpha value is -1.62. The van der Waals surface area contributed by atoms with E-state index in [0.717, 1.165) is 21.8 Å². The first-order valence-electron chi connectivity index (χ1n) is 5.52. The molecular formula is C13H14FN3S. The van der Waals surface area contributed by atoms with Gasteiger partial charge in [-0.05, 0) is 56.3 Å². The summed E-state index contributed by atoms with van der Waals surface area (Å²) in [6.45, 7) is 5.88. The molecule has 0 aliphatic rings. The van der Waals surface area contributed by atoms with Crippen LogP contribution in [0.3, 0.4) is 0 Å². The van der Waals surface area contributed by atoms with Gasteiger partial charge in [-0.2, -0.15) is 0 Å². The highest BCUT2D eigenvalue weighted by molar-refractivity contribution is 7.99. The minimum absolute atomic E-state index is 0.339. The van der Waals surface area contributed by atoms with Gasteiger partial charge in [0, 0.05) is 22.0 Å². The third-order valence-corrected chi connectivity index (χ3v) is 3.74. The number of anilines is 1. The number of benzene rings is 1. The highest BCUT2D eigenvalue weighted by Gasteiger charge is 2.08. The molecule has 0 bridgehead atoms. The standard InChI is InChI=1S/C13H14FN3S/c1-7-8(2)16-13(17-9(7)3)18-12-5-4-10(14)6-11(12)15/h4-6H,15H2,1-3H3. The summed E-state index contributed by atoms with van der Waals surface area (Å²) >= 11 is 1.35. The van der Waals surface area contributed by atoms with E-state index in [4.69, 9.17) is 5.73 Å². The first kappa shape index (κ1) is 12.8. The maximum atomic E-state index is 12.9. The van der Waals surface area contributed by atoms with E-state index in [9.17, 15) is 4.39 Å². The zero-order chi connectivity index (χ0) is 13.3. The predicted molar refractivity (Wildman–Crippen MR) is 71.2 cm³/mol. The van der Waals surface area contributed by atoms with Crippen LogP contribution >= 0.6 is 11.8 Å². The van der Waals surface area contributed by atoms with Gasteiger partial charge >= 0.3 is 0 Å². The van der Waals surface area contributed by atoms with Crippen molar-refractivity contribution in [3.05, 3.63) is 41.0 Å². The Morgan fingerprint density at radius 3 is 2.28 bits per heavy atom. The van der Waals surface area contributed by atoms with Gasteiger partial charge in [0.05, 0.1) is 0 Å². The number of aryl methyl sites for hydroxylation is 2. The molecule has 1 heterocycles. The molecular weight excluding hydrogens is 249 g/mol. The summed E-state index contributed by atoms with van der Waals surface area (Å²) in [5, 5.41) is 0.633. The van der Waals surface area contributed by atoms with Gasteiger partial charge in [-0.1, -0.05) is 0 Å². The topological polar surface area (TPSA) is 51.8 Å². The van der Waals surface area contributed by atoms with Crippen LogP contribution in [0.4, 0.5) is 10.1 Å². The Morgan fingerprint density at radius 2 is 1.72 bits per heavy atom. The third kappa shape index (κ3) is 2.61. The SMILES string of the molecule is Cc1nc(Sc2ccc(F)cc2N)nc(C)c1C. The monoisotopic (exact) mass is 263 g/mol. The zero-order valence-electron chi connectivity index (χ0n) is 10.5. The minimum atomic E-state index is -0.339. The molecule has 0 aliphatic carbocycles. The lowest BCUT2D eigenvalue weighted by atomic mass is 10.2. The highest BCUT2D eigenvalue weighted by atomic mass is 32.2. The number of hydrogen-bond donors (Lipinski definition) is 1. The average molecular weight is 263 g/mol. The number of rotatable bonds is 2. The van der Waals surface area contributed by atoms with Crippen LogP contribution in [0, 0.1) is 26.6 Å². The van der Waals surface area contributed by atoms with E-state index in [1.165, 1.54) is 23.9 Å². The number of nitrogens with two attached hydrogens (primary N) is 1. The molecule has 0 saturated heterocycles. The van der Waals surface area contributed by atoms with Crippen LogP contribution < -0.4 is 5.73 Å². The number of aromatic nitrogens is 2. The smallest absolute Gasteiger partial charge is 0.192 e. The molecule has 0 unspecified atom stereocenters. The normalized spacial score (nSPS) is 10.7. The fraction of sp³-hybridized carbons (Fsp3) is 0.231. The molecule has 0 saturated carbocycles. The van der Waals surface area contributed by atoms with Crippen molar-refractivity contribution in [2.24, 2.45) is 0 Å². The second-order valence-electron chi connectivity index (χ2n) is 4.09. The fourth-order valence-corrected chi connectivity index (χ4v) is 2.37. The molecule has 5 heteroatoms. The van der Waals surface area contributed by atoms with Gasteiger partial charge in [0.2, 0.25) is 0 Å². The summed E-state index contributed by atoms with van der Waals surface area (Å²) in [4.78, 5) is 9.55.